The molecule has 1 saturated heterocycles. The van der Waals surface area contributed by atoms with Gasteiger partial charge in [-0.15, -0.1) is 0 Å². The number of carbonyl (C=O) groups is 1. The lowest BCUT2D eigenvalue weighted by Gasteiger charge is -2.33. The number of nitrogen functional groups attached to an aromatic ring is 1. The Morgan fingerprint density at radius 3 is 2.83 bits per heavy atom. The second kappa shape index (κ2) is 8.76. The van der Waals surface area contributed by atoms with Gasteiger partial charge in [-0.1, -0.05) is 38.9 Å². The minimum absolute atomic E-state index is 0.0337. The molecule has 1 fully saturated rings. The van der Waals surface area contributed by atoms with Gasteiger partial charge in [-0.25, -0.2) is 9.78 Å². The minimum Gasteiger partial charge on any atom is -0.398 e. The summed E-state index contributed by atoms with van der Waals surface area (Å²) in [6.45, 7) is 3.04. The molecule has 29 heavy (non-hydrogen) atoms. The lowest BCUT2D eigenvalue weighted by atomic mass is 9.92. The van der Waals surface area contributed by atoms with Crippen molar-refractivity contribution in [2.24, 2.45) is 0 Å². The maximum Gasteiger partial charge on any atom is 0.319 e. The highest BCUT2D eigenvalue weighted by Gasteiger charge is 2.27. The normalized spacial score (nSPS) is 19.5. The molecule has 0 saturated carbocycles. The summed E-state index contributed by atoms with van der Waals surface area (Å²) in [5.74, 6) is 0. The smallest absolute Gasteiger partial charge is 0.319 e. The number of hydrogen-bond acceptors (Lipinski definition) is 4. The number of anilines is 2. The molecule has 0 aliphatic carbocycles. The molecule has 0 bridgehead atoms. The topological polar surface area (TPSA) is 92.1 Å². The molecule has 1 aliphatic rings. The molecule has 1 aromatic heterocycles. The van der Waals surface area contributed by atoms with Crippen LogP contribution in [-0.2, 0) is 0 Å². The molecule has 2 amide bonds. The standard InChI is InChI=1S/C22H26N5OP/c1-29-20-13-17(23)16-12-15(9-10-18(16)26-20)25-22(28)27-19-8-5-11-24-21(19)14-6-3-2-4-7-14/h2-4,6-7,9-10,12-13,19,21,24,29H,5,8,11H2,1H3,(H2,23,26)(H2,25,27,28). The van der Waals surface area contributed by atoms with Crippen molar-refractivity contribution in [1.29, 1.82) is 0 Å². The zero-order valence-electron chi connectivity index (χ0n) is 16.4. The summed E-state index contributed by atoms with van der Waals surface area (Å²) < 4.78 is 0. The highest BCUT2D eigenvalue weighted by Crippen LogP contribution is 2.25. The van der Waals surface area contributed by atoms with E-state index in [9.17, 15) is 4.79 Å². The molecule has 4 rings (SSSR count). The summed E-state index contributed by atoms with van der Waals surface area (Å²) >= 11 is 0. The van der Waals surface area contributed by atoms with E-state index >= 15 is 0 Å². The van der Waals surface area contributed by atoms with E-state index in [0.29, 0.717) is 20.0 Å². The van der Waals surface area contributed by atoms with Crippen molar-refractivity contribution in [3.63, 3.8) is 0 Å². The van der Waals surface area contributed by atoms with Gasteiger partial charge >= 0.3 is 6.03 Å². The predicted octanol–water partition coefficient (Wildman–Crippen LogP) is 3.37. The summed E-state index contributed by atoms with van der Waals surface area (Å²) in [7, 11) is 0.594. The summed E-state index contributed by atoms with van der Waals surface area (Å²) in [4.78, 5) is 17.3. The van der Waals surface area contributed by atoms with Crippen LogP contribution in [0.5, 0.6) is 0 Å². The molecule has 0 spiro atoms. The summed E-state index contributed by atoms with van der Waals surface area (Å²) in [5.41, 5.74) is 10.6. The third-order valence-corrected chi connectivity index (χ3v) is 6.06. The van der Waals surface area contributed by atoms with E-state index in [1.807, 2.05) is 42.5 Å². The van der Waals surface area contributed by atoms with Crippen LogP contribution in [0.25, 0.3) is 10.9 Å². The van der Waals surface area contributed by atoms with E-state index in [0.717, 1.165) is 35.7 Å². The Hall–Kier alpha value is -2.69. The van der Waals surface area contributed by atoms with Gasteiger partial charge in [-0.2, -0.15) is 0 Å². The van der Waals surface area contributed by atoms with Gasteiger partial charge in [0.2, 0.25) is 0 Å². The number of urea groups is 1. The fourth-order valence-electron chi connectivity index (χ4n) is 3.85. The quantitative estimate of drug-likeness (QED) is 0.499. The van der Waals surface area contributed by atoms with E-state index in [1.54, 1.807) is 0 Å². The molecule has 7 heteroatoms. The average molecular weight is 407 g/mol. The number of benzene rings is 2. The summed E-state index contributed by atoms with van der Waals surface area (Å²) in [5, 5.41) is 10.5. The van der Waals surface area contributed by atoms with Crippen LogP contribution in [-0.4, -0.2) is 30.3 Å². The molecule has 3 unspecified atom stereocenters. The Labute approximate surface area is 172 Å². The van der Waals surface area contributed by atoms with E-state index in [2.05, 4.69) is 39.7 Å². The first-order valence-electron chi connectivity index (χ1n) is 9.88. The van der Waals surface area contributed by atoms with Crippen molar-refractivity contribution in [3.8, 4) is 0 Å². The molecule has 6 nitrogen and oxygen atoms in total. The number of amides is 2. The molecule has 150 valence electrons. The highest BCUT2D eigenvalue weighted by molar-refractivity contribution is 7.46. The number of nitrogens with one attached hydrogen (secondary N) is 3. The van der Waals surface area contributed by atoms with Crippen LogP contribution in [0.15, 0.2) is 54.6 Å². The van der Waals surface area contributed by atoms with Crippen LogP contribution in [0.1, 0.15) is 24.4 Å². The number of pyridine rings is 1. The van der Waals surface area contributed by atoms with Gasteiger partial charge in [0, 0.05) is 16.8 Å². The lowest BCUT2D eigenvalue weighted by Crippen LogP contribution is -2.49. The maximum absolute atomic E-state index is 12.7. The van der Waals surface area contributed by atoms with Crippen molar-refractivity contribution < 1.29 is 4.79 Å². The van der Waals surface area contributed by atoms with Crippen LogP contribution < -0.4 is 27.1 Å². The number of piperidine rings is 1. The van der Waals surface area contributed by atoms with Crippen molar-refractivity contribution in [2.45, 2.75) is 24.9 Å². The molecule has 3 aromatic rings. The number of rotatable bonds is 4. The third kappa shape index (κ3) is 4.50. The van der Waals surface area contributed by atoms with Crippen LogP contribution >= 0.6 is 8.58 Å². The number of hydrogen-bond donors (Lipinski definition) is 4. The van der Waals surface area contributed by atoms with Crippen molar-refractivity contribution in [2.75, 3.05) is 24.3 Å². The number of fused-ring (bicyclic) bond motifs is 1. The first kappa shape index (κ1) is 19.6. The van der Waals surface area contributed by atoms with Gasteiger partial charge in [0.25, 0.3) is 0 Å². The second-order valence-electron chi connectivity index (χ2n) is 7.27. The maximum atomic E-state index is 12.7. The van der Waals surface area contributed by atoms with E-state index in [4.69, 9.17) is 5.73 Å². The average Bonchev–Trinajstić information content (AvgIpc) is 2.75. The Balaban J connectivity index is 1.48. The van der Waals surface area contributed by atoms with Crippen molar-refractivity contribution in [3.05, 3.63) is 60.2 Å². The molecule has 2 heterocycles. The van der Waals surface area contributed by atoms with Crippen molar-refractivity contribution >= 4 is 42.3 Å². The lowest BCUT2D eigenvalue weighted by molar-refractivity contribution is 0.237. The summed E-state index contributed by atoms with van der Waals surface area (Å²) in [6.07, 6.45) is 1.97. The van der Waals surface area contributed by atoms with E-state index in [-0.39, 0.29) is 18.1 Å². The zero-order valence-corrected chi connectivity index (χ0v) is 17.4. The van der Waals surface area contributed by atoms with Gasteiger partial charge in [-0.05, 0) is 55.9 Å². The molecule has 1 aliphatic heterocycles. The van der Waals surface area contributed by atoms with Gasteiger partial charge in [0.1, 0.15) is 0 Å². The first-order valence-corrected chi connectivity index (χ1v) is 11.4. The van der Waals surface area contributed by atoms with E-state index in [1.165, 1.54) is 5.56 Å². The fourth-order valence-corrected chi connectivity index (χ4v) is 4.38. The van der Waals surface area contributed by atoms with Crippen LogP contribution in [0.2, 0.25) is 0 Å². The molecule has 2 aromatic carbocycles. The first-order chi connectivity index (χ1) is 14.1. The second-order valence-corrected chi connectivity index (χ2v) is 8.28. The fraction of sp³-hybridized carbons (Fsp3) is 0.273. The SMILES string of the molecule is CPc1cc(N)c2cc(NC(=O)NC3CCCNC3c3ccccc3)ccc2n1. The molecule has 3 atom stereocenters. The largest absolute Gasteiger partial charge is 0.398 e. The van der Waals surface area contributed by atoms with Crippen molar-refractivity contribution in [1.82, 2.24) is 15.6 Å². The molecular formula is C22H26N5OP. The summed E-state index contributed by atoms with van der Waals surface area (Å²) in [6, 6.07) is 17.7. The Bertz CT molecular complexity index is 1010. The van der Waals surface area contributed by atoms with E-state index < -0.39 is 0 Å². The van der Waals surface area contributed by atoms with Crippen LogP contribution in [0.4, 0.5) is 16.2 Å². The predicted molar refractivity (Wildman–Crippen MR) is 122 cm³/mol. The number of nitrogens with two attached hydrogens (primary N) is 1. The molecular weight excluding hydrogens is 381 g/mol. The zero-order chi connectivity index (χ0) is 20.2. The third-order valence-electron chi connectivity index (χ3n) is 5.29. The Morgan fingerprint density at radius 2 is 2.03 bits per heavy atom. The highest BCUT2D eigenvalue weighted by atomic mass is 31.1. The minimum atomic E-state index is -0.211. The monoisotopic (exact) mass is 407 g/mol. The van der Waals surface area contributed by atoms with Crippen LogP contribution in [0, 0.1) is 0 Å². The van der Waals surface area contributed by atoms with Gasteiger partial charge in [-0.3, -0.25) is 0 Å². The Kier molecular flexibility index (Phi) is 5.93. The number of nitrogens with zero attached hydrogens (tertiary/aromatic N) is 1. The molecule has 5 N–H and O–H groups in total. The van der Waals surface area contributed by atoms with Gasteiger partial charge < -0.3 is 21.7 Å². The Morgan fingerprint density at radius 1 is 1.21 bits per heavy atom. The van der Waals surface area contributed by atoms with Crippen LogP contribution in [0.3, 0.4) is 0 Å². The molecule has 0 radical (unpaired) electrons. The van der Waals surface area contributed by atoms with Gasteiger partial charge in [0.05, 0.1) is 23.0 Å². The number of carbonyl (C=O) groups excluding carboxylic acids is 1. The van der Waals surface area contributed by atoms with Gasteiger partial charge in [0.15, 0.2) is 0 Å². The number of aromatic nitrogens is 1.